The first-order valence-corrected chi connectivity index (χ1v) is 11.2. The Balaban J connectivity index is 1.52. The molecule has 0 aromatic heterocycles. The van der Waals surface area contributed by atoms with E-state index < -0.39 is 17.8 Å². The largest absolute Gasteiger partial charge is 0.416 e. The van der Waals surface area contributed by atoms with Crippen molar-refractivity contribution in [3.63, 3.8) is 0 Å². The Labute approximate surface area is 191 Å². The van der Waals surface area contributed by atoms with Crippen LogP contribution in [-0.4, -0.2) is 43.0 Å². The van der Waals surface area contributed by atoms with Crippen LogP contribution in [-0.2, 0) is 26.9 Å². The molecule has 1 fully saturated rings. The van der Waals surface area contributed by atoms with Gasteiger partial charge in [0, 0.05) is 32.5 Å². The highest BCUT2D eigenvalue weighted by Crippen LogP contribution is 2.31. The summed E-state index contributed by atoms with van der Waals surface area (Å²) in [6.07, 6.45) is -1.88. The number of hydrogen-bond donors (Lipinski definition) is 1. The van der Waals surface area contributed by atoms with Crippen LogP contribution in [0.25, 0.3) is 0 Å². The standard InChI is InChI=1S/C25H29F3N2O3/c26-25(27,28)21-10-4-9-20(17-21)22(18-30-14-5-12-24(30)32)29-23(31)11-6-15-33-16-13-19-7-2-1-3-8-19/h1-4,7-10,17,22H,5-6,11-16,18H2,(H,29,31). The van der Waals surface area contributed by atoms with E-state index in [0.29, 0.717) is 44.6 Å². The molecule has 178 valence electrons. The molecule has 1 aliphatic rings. The minimum absolute atomic E-state index is 0.0481. The lowest BCUT2D eigenvalue weighted by Crippen LogP contribution is -2.38. The number of alkyl halides is 3. The molecule has 1 unspecified atom stereocenters. The average Bonchev–Trinajstić information content (AvgIpc) is 3.20. The van der Waals surface area contributed by atoms with Gasteiger partial charge in [-0.05, 0) is 42.5 Å². The van der Waals surface area contributed by atoms with Gasteiger partial charge in [0.05, 0.1) is 18.2 Å². The first-order chi connectivity index (χ1) is 15.8. The van der Waals surface area contributed by atoms with Crippen LogP contribution in [0.2, 0.25) is 0 Å². The summed E-state index contributed by atoms with van der Waals surface area (Å²) in [4.78, 5) is 26.2. The monoisotopic (exact) mass is 462 g/mol. The maximum atomic E-state index is 13.2. The molecular formula is C25H29F3N2O3. The van der Waals surface area contributed by atoms with Crippen molar-refractivity contribution in [1.82, 2.24) is 10.2 Å². The number of benzene rings is 2. The summed E-state index contributed by atoms with van der Waals surface area (Å²) in [5, 5.41) is 2.82. The second kappa shape index (κ2) is 11.8. The van der Waals surface area contributed by atoms with Gasteiger partial charge in [-0.1, -0.05) is 42.5 Å². The number of amides is 2. The van der Waals surface area contributed by atoms with E-state index in [-0.39, 0.29) is 24.8 Å². The molecule has 8 heteroatoms. The second-order valence-corrected chi connectivity index (χ2v) is 8.14. The van der Waals surface area contributed by atoms with Crippen molar-refractivity contribution in [3.8, 4) is 0 Å². The highest BCUT2D eigenvalue weighted by atomic mass is 19.4. The van der Waals surface area contributed by atoms with Crippen LogP contribution < -0.4 is 5.32 Å². The molecule has 1 N–H and O–H groups in total. The summed E-state index contributed by atoms with van der Waals surface area (Å²) in [5.74, 6) is -0.330. The predicted molar refractivity (Wildman–Crippen MR) is 118 cm³/mol. The summed E-state index contributed by atoms with van der Waals surface area (Å²) < 4.78 is 45.1. The molecule has 1 atom stereocenters. The molecule has 2 aromatic carbocycles. The molecule has 33 heavy (non-hydrogen) atoms. The van der Waals surface area contributed by atoms with Crippen molar-refractivity contribution >= 4 is 11.8 Å². The van der Waals surface area contributed by atoms with E-state index in [9.17, 15) is 22.8 Å². The number of rotatable bonds is 11. The minimum atomic E-state index is -4.48. The van der Waals surface area contributed by atoms with Crippen LogP contribution in [0.5, 0.6) is 0 Å². The van der Waals surface area contributed by atoms with E-state index in [1.807, 2.05) is 30.3 Å². The van der Waals surface area contributed by atoms with E-state index in [2.05, 4.69) is 5.32 Å². The van der Waals surface area contributed by atoms with Crippen molar-refractivity contribution < 1.29 is 27.5 Å². The lowest BCUT2D eigenvalue weighted by molar-refractivity contribution is -0.137. The summed E-state index contributed by atoms with van der Waals surface area (Å²) in [5.41, 5.74) is 0.728. The number of carbonyl (C=O) groups excluding carboxylic acids is 2. The van der Waals surface area contributed by atoms with E-state index in [1.54, 1.807) is 11.0 Å². The molecule has 0 spiro atoms. The number of nitrogens with one attached hydrogen (secondary N) is 1. The number of likely N-dealkylation sites (tertiary alicyclic amines) is 1. The van der Waals surface area contributed by atoms with Crippen molar-refractivity contribution in [2.75, 3.05) is 26.3 Å². The average molecular weight is 463 g/mol. The van der Waals surface area contributed by atoms with Crippen LogP contribution in [0.3, 0.4) is 0 Å². The quantitative estimate of drug-likeness (QED) is 0.500. The highest BCUT2D eigenvalue weighted by molar-refractivity contribution is 5.79. The summed E-state index contributed by atoms with van der Waals surface area (Å²) in [6, 6.07) is 14.1. The first kappa shape index (κ1) is 24.8. The Bertz CT molecular complexity index is 919. The minimum Gasteiger partial charge on any atom is -0.381 e. The SMILES string of the molecule is O=C(CCCOCCc1ccccc1)NC(CN1CCCC1=O)c1cccc(C(F)(F)F)c1. The zero-order valence-electron chi connectivity index (χ0n) is 18.4. The third-order valence-electron chi connectivity index (χ3n) is 5.60. The van der Waals surface area contributed by atoms with Crippen LogP contribution in [0, 0.1) is 0 Å². The Morgan fingerprint density at radius 2 is 1.88 bits per heavy atom. The van der Waals surface area contributed by atoms with Gasteiger partial charge in [-0.15, -0.1) is 0 Å². The number of nitrogens with zero attached hydrogens (tertiary/aromatic N) is 1. The molecule has 1 heterocycles. The molecule has 1 aliphatic heterocycles. The van der Waals surface area contributed by atoms with E-state index >= 15 is 0 Å². The zero-order chi connectivity index (χ0) is 23.7. The van der Waals surface area contributed by atoms with Crippen LogP contribution in [0.15, 0.2) is 54.6 Å². The van der Waals surface area contributed by atoms with Gasteiger partial charge < -0.3 is 15.0 Å². The summed E-state index contributed by atoms with van der Waals surface area (Å²) in [7, 11) is 0. The lowest BCUT2D eigenvalue weighted by atomic mass is 10.0. The van der Waals surface area contributed by atoms with Gasteiger partial charge in [0.2, 0.25) is 11.8 Å². The predicted octanol–water partition coefficient (Wildman–Crippen LogP) is 4.52. The van der Waals surface area contributed by atoms with Gasteiger partial charge in [0.25, 0.3) is 0 Å². The number of halogens is 3. The lowest BCUT2D eigenvalue weighted by Gasteiger charge is -2.26. The molecule has 5 nitrogen and oxygen atoms in total. The molecule has 0 bridgehead atoms. The molecule has 0 aliphatic carbocycles. The summed E-state index contributed by atoms with van der Waals surface area (Å²) in [6.45, 7) is 1.66. The Morgan fingerprint density at radius 3 is 2.58 bits per heavy atom. The first-order valence-electron chi connectivity index (χ1n) is 11.2. The van der Waals surface area contributed by atoms with Crippen LogP contribution >= 0.6 is 0 Å². The van der Waals surface area contributed by atoms with Gasteiger partial charge in [0.15, 0.2) is 0 Å². The van der Waals surface area contributed by atoms with Crippen LogP contribution in [0.1, 0.15) is 48.4 Å². The van der Waals surface area contributed by atoms with Crippen molar-refractivity contribution in [2.24, 2.45) is 0 Å². The Hall–Kier alpha value is -2.87. The van der Waals surface area contributed by atoms with Gasteiger partial charge in [-0.3, -0.25) is 9.59 Å². The van der Waals surface area contributed by atoms with Gasteiger partial charge >= 0.3 is 6.18 Å². The maximum Gasteiger partial charge on any atom is 0.416 e. The molecular weight excluding hydrogens is 433 g/mol. The Kier molecular flexibility index (Phi) is 8.88. The van der Waals surface area contributed by atoms with Crippen molar-refractivity contribution in [2.45, 2.75) is 44.3 Å². The fourth-order valence-corrected chi connectivity index (χ4v) is 3.82. The van der Waals surface area contributed by atoms with Gasteiger partial charge in [-0.25, -0.2) is 0 Å². The third kappa shape index (κ3) is 7.89. The topological polar surface area (TPSA) is 58.6 Å². The fourth-order valence-electron chi connectivity index (χ4n) is 3.82. The highest BCUT2D eigenvalue weighted by Gasteiger charge is 2.32. The maximum absolute atomic E-state index is 13.2. The molecule has 2 aromatic rings. The van der Waals surface area contributed by atoms with E-state index in [1.165, 1.54) is 11.6 Å². The normalized spacial score (nSPS) is 15.0. The third-order valence-corrected chi connectivity index (χ3v) is 5.60. The van der Waals surface area contributed by atoms with Crippen molar-refractivity contribution in [3.05, 3.63) is 71.3 Å². The van der Waals surface area contributed by atoms with E-state index in [0.717, 1.165) is 18.6 Å². The molecule has 1 saturated heterocycles. The number of carbonyl (C=O) groups is 2. The molecule has 2 amide bonds. The zero-order valence-corrected chi connectivity index (χ0v) is 18.4. The van der Waals surface area contributed by atoms with Gasteiger partial charge in [0.1, 0.15) is 0 Å². The summed E-state index contributed by atoms with van der Waals surface area (Å²) >= 11 is 0. The van der Waals surface area contributed by atoms with Gasteiger partial charge in [-0.2, -0.15) is 13.2 Å². The molecule has 0 saturated carbocycles. The van der Waals surface area contributed by atoms with Crippen molar-refractivity contribution in [1.29, 1.82) is 0 Å². The smallest absolute Gasteiger partial charge is 0.381 e. The fraction of sp³-hybridized carbons (Fsp3) is 0.440. The second-order valence-electron chi connectivity index (χ2n) is 8.14. The van der Waals surface area contributed by atoms with Crippen LogP contribution in [0.4, 0.5) is 13.2 Å². The number of hydrogen-bond acceptors (Lipinski definition) is 3. The molecule has 0 radical (unpaired) electrons. The Morgan fingerprint density at radius 1 is 1.09 bits per heavy atom. The van der Waals surface area contributed by atoms with E-state index in [4.69, 9.17) is 4.74 Å². The molecule has 3 rings (SSSR count). The number of ether oxygens (including phenoxy) is 1.